The summed E-state index contributed by atoms with van der Waals surface area (Å²) in [5.41, 5.74) is 0.805. The Hall–Kier alpha value is -0.420. The minimum absolute atomic E-state index is 0.0205. The number of hydrogen-bond donors (Lipinski definition) is 2. The lowest BCUT2D eigenvalue weighted by atomic mass is 10.3. The summed E-state index contributed by atoms with van der Waals surface area (Å²) < 4.78 is 27.0. The number of benzene rings is 1. The van der Waals surface area contributed by atoms with Gasteiger partial charge in [-0.25, -0.2) is 13.1 Å². The van der Waals surface area contributed by atoms with Crippen molar-refractivity contribution in [2.24, 2.45) is 0 Å². The van der Waals surface area contributed by atoms with Gasteiger partial charge in [-0.05, 0) is 18.2 Å². The predicted octanol–water partition coefficient (Wildman–Crippen LogP) is 4.14. The Bertz CT molecular complexity index is 901. The van der Waals surface area contributed by atoms with Crippen molar-refractivity contribution in [1.82, 2.24) is 4.72 Å². The van der Waals surface area contributed by atoms with Gasteiger partial charge in [-0.1, -0.05) is 47.1 Å². The van der Waals surface area contributed by atoms with E-state index in [1.807, 2.05) is 24.3 Å². The number of nitrogens with one attached hydrogen (secondary N) is 2. The quantitative estimate of drug-likeness (QED) is 0.641. The fourth-order valence-electron chi connectivity index (χ4n) is 2.07. The Morgan fingerprint density at radius 1 is 1.28 bits per heavy atom. The predicted molar refractivity (Wildman–Crippen MR) is 107 cm³/mol. The Morgan fingerprint density at radius 3 is 2.76 bits per heavy atom. The molecule has 3 rings (SSSR count). The van der Waals surface area contributed by atoms with E-state index in [9.17, 15) is 13.2 Å². The van der Waals surface area contributed by atoms with E-state index < -0.39 is 10.0 Å². The number of thioether (sulfide) groups is 2. The van der Waals surface area contributed by atoms with E-state index in [0.29, 0.717) is 10.1 Å². The molecule has 1 aromatic carbocycles. The number of anilines is 1. The number of carbonyl (C=O) groups is 1. The normalized spacial score (nSPS) is 17.2. The van der Waals surface area contributed by atoms with Crippen LogP contribution in [0.2, 0.25) is 8.67 Å². The number of fused-ring (bicyclic) bond motifs is 1. The highest BCUT2D eigenvalue weighted by atomic mass is 35.5. The Kier molecular flexibility index (Phi) is 6.25. The molecule has 1 aliphatic rings. The molecule has 0 fully saturated rings. The van der Waals surface area contributed by atoms with Crippen LogP contribution in [0.3, 0.4) is 0 Å². The molecular weight excluding hydrogens is 443 g/mol. The van der Waals surface area contributed by atoms with E-state index in [-0.39, 0.29) is 26.3 Å². The molecule has 134 valence electrons. The molecule has 0 saturated carbocycles. The number of thiophene rings is 1. The molecule has 1 aromatic heterocycles. The molecule has 5 nitrogen and oxygen atoms in total. The van der Waals surface area contributed by atoms with Gasteiger partial charge in [-0.15, -0.1) is 23.1 Å². The van der Waals surface area contributed by atoms with Gasteiger partial charge in [0.15, 0.2) is 0 Å². The van der Waals surface area contributed by atoms with Crippen LogP contribution in [0.1, 0.15) is 0 Å². The van der Waals surface area contributed by atoms with E-state index in [2.05, 4.69) is 10.0 Å². The molecule has 1 aliphatic heterocycles. The van der Waals surface area contributed by atoms with Crippen LogP contribution in [0.25, 0.3) is 0 Å². The SMILES string of the molecule is O=C1Nc2ccccc2SC1SCCNS(=O)(=O)c1cc(Cl)sc1Cl. The number of sulfonamides is 1. The molecule has 1 amide bonds. The summed E-state index contributed by atoms with van der Waals surface area (Å²) >= 11 is 15.5. The molecule has 2 heterocycles. The van der Waals surface area contributed by atoms with Gasteiger partial charge >= 0.3 is 0 Å². The molecule has 0 saturated heterocycles. The zero-order valence-electron chi connectivity index (χ0n) is 12.5. The summed E-state index contributed by atoms with van der Waals surface area (Å²) in [4.78, 5) is 13.1. The number of carbonyl (C=O) groups excluding carboxylic acids is 1. The van der Waals surface area contributed by atoms with E-state index in [1.54, 1.807) is 0 Å². The minimum Gasteiger partial charge on any atom is -0.323 e. The first-order chi connectivity index (χ1) is 11.9. The van der Waals surface area contributed by atoms with Crippen molar-refractivity contribution in [2.75, 3.05) is 17.6 Å². The number of amides is 1. The minimum atomic E-state index is -3.71. The molecule has 0 radical (unpaired) electrons. The zero-order chi connectivity index (χ0) is 18.0. The fourth-order valence-corrected chi connectivity index (χ4v) is 7.70. The van der Waals surface area contributed by atoms with Crippen molar-refractivity contribution in [3.8, 4) is 0 Å². The fraction of sp³-hybridized carbons (Fsp3) is 0.214. The van der Waals surface area contributed by atoms with Crippen molar-refractivity contribution in [3.63, 3.8) is 0 Å². The lowest BCUT2D eigenvalue weighted by molar-refractivity contribution is -0.114. The van der Waals surface area contributed by atoms with Crippen LogP contribution in [-0.4, -0.2) is 31.2 Å². The van der Waals surface area contributed by atoms with Crippen LogP contribution >= 0.6 is 58.1 Å². The molecule has 2 aromatic rings. The van der Waals surface area contributed by atoms with Gasteiger partial charge in [0.05, 0.1) is 10.0 Å². The van der Waals surface area contributed by atoms with Crippen LogP contribution in [0, 0.1) is 0 Å². The number of para-hydroxylation sites is 1. The van der Waals surface area contributed by atoms with Gasteiger partial charge in [0.25, 0.3) is 0 Å². The Labute approximate surface area is 167 Å². The molecule has 1 unspecified atom stereocenters. The third-order valence-corrected chi connectivity index (χ3v) is 9.08. The Balaban J connectivity index is 1.54. The molecule has 25 heavy (non-hydrogen) atoms. The smallest absolute Gasteiger partial charge is 0.248 e. The second-order valence-corrected chi connectivity index (χ2v) is 11.6. The first-order valence-electron chi connectivity index (χ1n) is 6.99. The second kappa shape index (κ2) is 8.08. The summed E-state index contributed by atoms with van der Waals surface area (Å²) in [6, 6.07) is 8.90. The summed E-state index contributed by atoms with van der Waals surface area (Å²) in [5.74, 6) is 0.353. The molecule has 0 aliphatic carbocycles. The maximum absolute atomic E-state index is 12.2. The highest BCUT2D eigenvalue weighted by Crippen LogP contribution is 2.40. The zero-order valence-corrected chi connectivity index (χ0v) is 17.3. The van der Waals surface area contributed by atoms with Gasteiger partial charge in [0, 0.05) is 17.2 Å². The number of hydrogen-bond acceptors (Lipinski definition) is 6. The van der Waals surface area contributed by atoms with Crippen LogP contribution < -0.4 is 10.0 Å². The molecule has 2 N–H and O–H groups in total. The van der Waals surface area contributed by atoms with Crippen LogP contribution in [0.4, 0.5) is 5.69 Å². The highest BCUT2D eigenvalue weighted by molar-refractivity contribution is 8.18. The summed E-state index contributed by atoms with van der Waals surface area (Å²) in [6.07, 6.45) is 0. The lowest BCUT2D eigenvalue weighted by Gasteiger charge is -2.23. The van der Waals surface area contributed by atoms with Crippen LogP contribution in [-0.2, 0) is 14.8 Å². The molecule has 0 bridgehead atoms. The van der Waals surface area contributed by atoms with E-state index >= 15 is 0 Å². The van der Waals surface area contributed by atoms with Gasteiger partial charge < -0.3 is 5.32 Å². The summed E-state index contributed by atoms with van der Waals surface area (Å²) in [6.45, 7) is 0.183. The number of halogens is 2. The third kappa shape index (κ3) is 4.65. The summed E-state index contributed by atoms with van der Waals surface area (Å²) in [7, 11) is -3.71. The van der Waals surface area contributed by atoms with Crippen molar-refractivity contribution >= 4 is 79.7 Å². The average Bonchev–Trinajstić information content (AvgIpc) is 2.91. The van der Waals surface area contributed by atoms with Crippen molar-refractivity contribution in [1.29, 1.82) is 0 Å². The van der Waals surface area contributed by atoms with E-state index in [0.717, 1.165) is 21.9 Å². The van der Waals surface area contributed by atoms with Gasteiger partial charge in [-0.3, -0.25) is 4.79 Å². The lowest BCUT2D eigenvalue weighted by Crippen LogP contribution is -2.29. The maximum Gasteiger partial charge on any atom is 0.248 e. The molecule has 0 spiro atoms. The largest absolute Gasteiger partial charge is 0.323 e. The molecule has 11 heteroatoms. The maximum atomic E-state index is 12.2. The summed E-state index contributed by atoms with van der Waals surface area (Å²) in [5, 5.41) is 2.85. The highest BCUT2D eigenvalue weighted by Gasteiger charge is 2.27. The van der Waals surface area contributed by atoms with Gasteiger partial charge in [-0.2, -0.15) is 0 Å². The first kappa shape index (κ1) is 19.3. The second-order valence-electron chi connectivity index (χ2n) is 4.89. The van der Waals surface area contributed by atoms with Gasteiger partial charge in [0.1, 0.15) is 13.8 Å². The number of rotatable bonds is 6. The molecular formula is C14H12Cl2N2O3S4. The average molecular weight is 455 g/mol. The van der Waals surface area contributed by atoms with Gasteiger partial charge in [0.2, 0.25) is 15.9 Å². The van der Waals surface area contributed by atoms with Crippen LogP contribution in [0.5, 0.6) is 0 Å². The first-order valence-corrected chi connectivity index (χ1v) is 12.0. The third-order valence-electron chi connectivity index (χ3n) is 3.17. The van der Waals surface area contributed by atoms with Crippen molar-refractivity contribution in [3.05, 3.63) is 39.0 Å². The van der Waals surface area contributed by atoms with E-state index in [4.69, 9.17) is 23.2 Å². The standard InChI is InChI=1S/C14H12Cl2N2O3S4/c15-11-7-10(12(16)24-11)25(20,21)17-5-6-22-14-13(19)18-8-3-1-2-4-9(8)23-14/h1-4,7,14,17H,5-6H2,(H,18,19). The topological polar surface area (TPSA) is 75.3 Å². The van der Waals surface area contributed by atoms with E-state index in [1.165, 1.54) is 29.6 Å². The van der Waals surface area contributed by atoms with Crippen LogP contribution in [0.15, 0.2) is 40.1 Å². The Morgan fingerprint density at radius 2 is 2.04 bits per heavy atom. The molecule has 1 atom stereocenters. The van der Waals surface area contributed by atoms with Crippen molar-refractivity contribution in [2.45, 2.75) is 14.4 Å². The monoisotopic (exact) mass is 454 g/mol. The van der Waals surface area contributed by atoms with Crippen molar-refractivity contribution < 1.29 is 13.2 Å².